The van der Waals surface area contributed by atoms with Crippen molar-refractivity contribution in [1.82, 2.24) is 20.0 Å². The van der Waals surface area contributed by atoms with Gasteiger partial charge in [0, 0.05) is 50.8 Å². The summed E-state index contributed by atoms with van der Waals surface area (Å²) in [5.41, 5.74) is 1.16. The number of amides is 1. The minimum atomic E-state index is 0.168. The first-order chi connectivity index (χ1) is 11.6. The average Bonchev–Trinajstić information content (AvgIpc) is 3.29. The van der Waals surface area contributed by atoms with Gasteiger partial charge in [0.25, 0.3) is 0 Å². The van der Waals surface area contributed by atoms with Crippen LogP contribution in [0.3, 0.4) is 0 Å². The number of carbonyl (C=O) groups is 1. The van der Waals surface area contributed by atoms with Crippen LogP contribution in [0.15, 0.2) is 12.4 Å². The van der Waals surface area contributed by atoms with Crippen molar-refractivity contribution in [3.63, 3.8) is 0 Å². The van der Waals surface area contributed by atoms with E-state index in [9.17, 15) is 4.79 Å². The van der Waals surface area contributed by atoms with Gasteiger partial charge in [-0.3, -0.25) is 9.48 Å². The predicted molar refractivity (Wildman–Crippen MR) is 93.3 cm³/mol. The molecule has 4 rings (SSSR count). The summed E-state index contributed by atoms with van der Waals surface area (Å²) in [5, 5.41) is 8.12. The lowest BCUT2D eigenvalue weighted by molar-refractivity contribution is -0.127. The Labute approximate surface area is 144 Å². The highest BCUT2D eigenvalue weighted by Gasteiger charge is 2.40. The molecule has 2 aliphatic carbocycles. The molecule has 3 fully saturated rings. The number of likely N-dealkylation sites (tertiary alicyclic amines) is 1. The normalized spacial score (nSPS) is 34.1. The van der Waals surface area contributed by atoms with Crippen LogP contribution in [0.25, 0.3) is 0 Å². The molecule has 1 N–H and O–H groups in total. The van der Waals surface area contributed by atoms with E-state index in [0.717, 1.165) is 23.9 Å². The number of hydrogen-bond donors (Lipinski definition) is 1. The molecule has 0 radical (unpaired) electrons. The summed E-state index contributed by atoms with van der Waals surface area (Å²) in [5.74, 6) is 2.60. The highest BCUT2D eigenvalue weighted by atomic mass is 16.2. The Balaban J connectivity index is 1.38. The van der Waals surface area contributed by atoms with Gasteiger partial charge in [-0.05, 0) is 37.5 Å². The fourth-order valence-electron chi connectivity index (χ4n) is 4.95. The maximum absolute atomic E-state index is 12.2. The number of hydrogen-bond acceptors (Lipinski definition) is 3. The van der Waals surface area contributed by atoms with Crippen LogP contribution in [0.5, 0.6) is 0 Å². The molecule has 2 heterocycles. The van der Waals surface area contributed by atoms with Crippen LogP contribution in [0, 0.1) is 17.8 Å². The number of rotatable bonds is 5. The highest BCUT2D eigenvalue weighted by Crippen LogP contribution is 2.44. The highest BCUT2D eigenvalue weighted by molar-refractivity contribution is 5.79. The van der Waals surface area contributed by atoms with Crippen LogP contribution in [0.4, 0.5) is 0 Å². The van der Waals surface area contributed by atoms with E-state index in [1.54, 1.807) is 0 Å². The Morgan fingerprint density at radius 1 is 1.21 bits per heavy atom. The summed E-state index contributed by atoms with van der Waals surface area (Å²) >= 11 is 0. The average molecular weight is 330 g/mol. The summed E-state index contributed by atoms with van der Waals surface area (Å²) in [4.78, 5) is 14.2. The van der Waals surface area contributed by atoms with E-state index < -0.39 is 0 Å². The monoisotopic (exact) mass is 330 g/mol. The largest absolute Gasteiger partial charge is 0.338 e. The first-order valence-corrected chi connectivity index (χ1v) is 9.59. The molecule has 0 spiro atoms. The van der Waals surface area contributed by atoms with E-state index >= 15 is 0 Å². The summed E-state index contributed by atoms with van der Waals surface area (Å²) < 4.78 is 1.83. The number of aryl methyl sites for hydroxylation is 1. The van der Waals surface area contributed by atoms with Crippen LogP contribution >= 0.6 is 0 Å². The minimum absolute atomic E-state index is 0.168. The minimum Gasteiger partial charge on any atom is -0.338 e. The van der Waals surface area contributed by atoms with Gasteiger partial charge in [-0.2, -0.15) is 5.10 Å². The third-order valence-corrected chi connectivity index (χ3v) is 6.43. The lowest BCUT2D eigenvalue weighted by Crippen LogP contribution is -2.38. The van der Waals surface area contributed by atoms with Gasteiger partial charge < -0.3 is 10.2 Å². The number of nitrogens with zero attached hydrogens (tertiary/aromatic N) is 3. The fourth-order valence-corrected chi connectivity index (χ4v) is 4.95. The molecule has 4 atom stereocenters. The van der Waals surface area contributed by atoms with Crippen molar-refractivity contribution in [1.29, 1.82) is 0 Å². The van der Waals surface area contributed by atoms with Gasteiger partial charge in [0.15, 0.2) is 0 Å². The van der Waals surface area contributed by atoms with Gasteiger partial charge in [-0.1, -0.05) is 12.8 Å². The molecule has 0 bridgehead atoms. The van der Waals surface area contributed by atoms with Gasteiger partial charge in [-0.15, -0.1) is 0 Å². The van der Waals surface area contributed by atoms with Gasteiger partial charge >= 0.3 is 0 Å². The van der Waals surface area contributed by atoms with E-state index in [1.165, 1.54) is 38.5 Å². The van der Waals surface area contributed by atoms with Crippen LogP contribution in [-0.2, 0) is 11.8 Å². The van der Waals surface area contributed by atoms with Crippen molar-refractivity contribution < 1.29 is 4.79 Å². The lowest BCUT2D eigenvalue weighted by atomic mass is 9.82. The Hall–Kier alpha value is -1.36. The number of aromatic nitrogens is 2. The van der Waals surface area contributed by atoms with Crippen LogP contribution in [0.2, 0.25) is 0 Å². The standard InChI is InChI=1S/C19H30N4O/c1-22-12-16(11-21-22)19-15(9-18(24)23(19)2)10-20-17-5-3-4-14(8-17)13-6-7-13/h11-15,17,19-20H,3-10H2,1-2H3/t14-,15+,17+,19-/m1/s1. The fraction of sp³-hybridized carbons (Fsp3) is 0.789. The molecule has 3 aliphatic rings. The van der Waals surface area contributed by atoms with E-state index in [2.05, 4.69) is 16.6 Å². The molecule has 1 aromatic rings. The molecule has 132 valence electrons. The molecular weight excluding hydrogens is 300 g/mol. The van der Waals surface area contributed by atoms with Gasteiger partial charge in [0.05, 0.1) is 12.2 Å². The van der Waals surface area contributed by atoms with Crippen LogP contribution in [-0.4, -0.2) is 40.2 Å². The predicted octanol–water partition coefficient (Wildman–Crippen LogP) is 2.50. The van der Waals surface area contributed by atoms with Gasteiger partial charge in [0.2, 0.25) is 5.91 Å². The first kappa shape index (κ1) is 16.1. The molecule has 24 heavy (non-hydrogen) atoms. The molecule has 0 unspecified atom stereocenters. The zero-order valence-corrected chi connectivity index (χ0v) is 14.9. The second-order valence-electron chi connectivity index (χ2n) is 8.23. The smallest absolute Gasteiger partial charge is 0.223 e. The van der Waals surface area contributed by atoms with E-state index in [-0.39, 0.29) is 11.9 Å². The summed E-state index contributed by atoms with van der Waals surface area (Å²) in [6.07, 6.45) is 13.0. The third-order valence-electron chi connectivity index (χ3n) is 6.43. The van der Waals surface area contributed by atoms with E-state index in [4.69, 9.17) is 0 Å². The molecule has 1 aromatic heterocycles. The maximum atomic E-state index is 12.2. The third kappa shape index (κ3) is 3.23. The van der Waals surface area contributed by atoms with Gasteiger partial charge in [-0.25, -0.2) is 0 Å². The molecule has 5 nitrogen and oxygen atoms in total. The Morgan fingerprint density at radius 3 is 2.75 bits per heavy atom. The van der Waals surface area contributed by atoms with Crippen molar-refractivity contribution >= 4 is 5.91 Å². The quantitative estimate of drug-likeness (QED) is 0.902. The number of carbonyl (C=O) groups excluding carboxylic acids is 1. The van der Waals surface area contributed by atoms with E-state index in [1.807, 2.05) is 29.9 Å². The van der Waals surface area contributed by atoms with E-state index in [0.29, 0.717) is 18.4 Å². The van der Waals surface area contributed by atoms with Crippen LogP contribution in [0.1, 0.15) is 56.6 Å². The second kappa shape index (κ2) is 6.51. The Morgan fingerprint density at radius 2 is 2.04 bits per heavy atom. The Bertz CT molecular complexity index is 594. The van der Waals surface area contributed by atoms with Gasteiger partial charge in [0.1, 0.15) is 0 Å². The molecule has 1 aliphatic heterocycles. The molecule has 0 aromatic carbocycles. The van der Waals surface area contributed by atoms with Crippen molar-refractivity contribution in [3.8, 4) is 0 Å². The second-order valence-corrected chi connectivity index (χ2v) is 8.23. The maximum Gasteiger partial charge on any atom is 0.223 e. The molecule has 5 heteroatoms. The van der Waals surface area contributed by atoms with Crippen molar-refractivity contribution in [2.75, 3.05) is 13.6 Å². The molecule has 2 saturated carbocycles. The SMILES string of the molecule is CN1C(=O)C[C@@H](CN[C@H]2CCC[C@@H](C3CC3)C2)[C@@H]1c1cnn(C)c1. The Kier molecular flexibility index (Phi) is 4.37. The van der Waals surface area contributed by atoms with Crippen LogP contribution < -0.4 is 5.32 Å². The summed E-state index contributed by atoms with van der Waals surface area (Å²) in [7, 11) is 3.87. The lowest BCUT2D eigenvalue weighted by Gasteiger charge is -2.32. The van der Waals surface area contributed by atoms with Crippen molar-refractivity contribution in [2.24, 2.45) is 24.8 Å². The first-order valence-electron chi connectivity index (χ1n) is 9.59. The summed E-state index contributed by atoms with van der Waals surface area (Å²) in [6, 6.07) is 0.821. The molecule has 1 amide bonds. The van der Waals surface area contributed by atoms with Crippen molar-refractivity contribution in [2.45, 2.75) is 57.0 Å². The molecular formula is C19H30N4O. The molecule has 1 saturated heterocycles. The number of nitrogens with one attached hydrogen (secondary N) is 1. The zero-order chi connectivity index (χ0) is 16.7. The summed E-state index contributed by atoms with van der Waals surface area (Å²) in [6.45, 7) is 0.942. The topological polar surface area (TPSA) is 50.2 Å². The van der Waals surface area contributed by atoms with Crippen molar-refractivity contribution in [3.05, 3.63) is 18.0 Å². The zero-order valence-electron chi connectivity index (χ0n) is 14.9.